The number of methoxy groups -OCH3 is 1. The smallest absolute Gasteiger partial charge is 0.253 e. The van der Waals surface area contributed by atoms with Crippen LogP contribution in [0.4, 0.5) is 4.39 Å². The van der Waals surface area contributed by atoms with Crippen LogP contribution in [-0.4, -0.2) is 22.6 Å². The quantitative estimate of drug-likeness (QED) is 0.757. The maximum Gasteiger partial charge on any atom is 0.253 e. The number of rotatable bonds is 5. The Kier molecular flexibility index (Phi) is 4.85. The molecule has 0 bridgehead atoms. The van der Waals surface area contributed by atoms with E-state index < -0.39 is 5.82 Å². The van der Waals surface area contributed by atoms with Crippen LogP contribution in [0.3, 0.4) is 0 Å². The standard InChI is InChI=1S/C18H18FN3O2S/c1-11-8-14(12(2)22(11)18-20-6-7-25-18)17(23)21-10-13-4-5-16(24-3)15(19)9-13/h4-9H,10H2,1-3H3,(H,21,23). The fourth-order valence-electron chi connectivity index (χ4n) is 2.71. The van der Waals surface area contributed by atoms with Crippen molar-refractivity contribution < 1.29 is 13.9 Å². The molecule has 1 aromatic carbocycles. The van der Waals surface area contributed by atoms with Gasteiger partial charge in [-0.2, -0.15) is 0 Å². The molecule has 3 aromatic rings. The van der Waals surface area contributed by atoms with E-state index in [-0.39, 0.29) is 18.2 Å². The Morgan fingerprint density at radius 3 is 2.80 bits per heavy atom. The molecule has 1 amide bonds. The number of hydrogen-bond donors (Lipinski definition) is 1. The van der Waals surface area contributed by atoms with Gasteiger partial charge in [-0.15, -0.1) is 11.3 Å². The molecule has 5 nitrogen and oxygen atoms in total. The molecule has 0 saturated carbocycles. The van der Waals surface area contributed by atoms with E-state index in [4.69, 9.17) is 4.74 Å². The van der Waals surface area contributed by atoms with Crippen molar-refractivity contribution in [3.8, 4) is 10.9 Å². The average molecular weight is 359 g/mol. The number of ether oxygens (including phenoxy) is 1. The Labute approximate surface area is 149 Å². The summed E-state index contributed by atoms with van der Waals surface area (Å²) < 4.78 is 20.6. The first kappa shape index (κ1) is 17.2. The summed E-state index contributed by atoms with van der Waals surface area (Å²) in [5, 5.41) is 5.55. The second-order valence-corrected chi connectivity index (χ2v) is 6.46. The normalized spacial score (nSPS) is 10.7. The van der Waals surface area contributed by atoms with Gasteiger partial charge >= 0.3 is 0 Å². The predicted molar refractivity (Wildman–Crippen MR) is 95.0 cm³/mol. The molecular formula is C18H18FN3O2S. The summed E-state index contributed by atoms with van der Waals surface area (Å²) in [6.45, 7) is 4.06. The van der Waals surface area contributed by atoms with Gasteiger partial charge < -0.3 is 10.1 Å². The van der Waals surface area contributed by atoms with Gasteiger partial charge in [-0.05, 0) is 37.6 Å². The lowest BCUT2D eigenvalue weighted by Crippen LogP contribution is -2.23. The van der Waals surface area contributed by atoms with Gasteiger partial charge in [0.25, 0.3) is 5.91 Å². The number of amides is 1. The third-order valence-electron chi connectivity index (χ3n) is 3.96. The number of aromatic nitrogens is 2. The van der Waals surface area contributed by atoms with Crippen LogP contribution in [0.1, 0.15) is 27.3 Å². The molecule has 2 aromatic heterocycles. The monoisotopic (exact) mass is 359 g/mol. The van der Waals surface area contributed by atoms with E-state index in [1.54, 1.807) is 18.3 Å². The van der Waals surface area contributed by atoms with E-state index >= 15 is 0 Å². The minimum absolute atomic E-state index is 0.182. The van der Waals surface area contributed by atoms with Crippen molar-refractivity contribution in [2.75, 3.05) is 7.11 Å². The molecule has 130 valence electrons. The lowest BCUT2D eigenvalue weighted by molar-refractivity contribution is 0.0950. The Balaban J connectivity index is 1.76. The third kappa shape index (κ3) is 3.41. The first-order valence-electron chi connectivity index (χ1n) is 7.70. The zero-order valence-electron chi connectivity index (χ0n) is 14.2. The first-order valence-corrected chi connectivity index (χ1v) is 8.58. The second kappa shape index (κ2) is 7.06. The highest BCUT2D eigenvalue weighted by atomic mass is 32.1. The Hall–Kier alpha value is -2.67. The van der Waals surface area contributed by atoms with Gasteiger partial charge in [-0.3, -0.25) is 9.36 Å². The van der Waals surface area contributed by atoms with Crippen molar-refractivity contribution in [2.24, 2.45) is 0 Å². The van der Waals surface area contributed by atoms with Crippen molar-refractivity contribution in [2.45, 2.75) is 20.4 Å². The number of nitrogens with zero attached hydrogens (tertiary/aromatic N) is 2. The average Bonchev–Trinajstić information content (AvgIpc) is 3.20. The molecule has 0 spiro atoms. The first-order chi connectivity index (χ1) is 12.0. The second-order valence-electron chi connectivity index (χ2n) is 5.59. The van der Waals surface area contributed by atoms with Gasteiger partial charge in [0.15, 0.2) is 16.7 Å². The van der Waals surface area contributed by atoms with Crippen LogP contribution in [0.5, 0.6) is 5.75 Å². The molecule has 7 heteroatoms. The predicted octanol–water partition coefficient (Wildman–Crippen LogP) is 3.63. The summed E-state index contributed by atoms with van der Waals surface area (Å²) in [5.74, 6) is -0.467. The number of nitrogens with one attached hydrogen (secondary N) is 1. The molecule has 0 aliphatic carbocycles. The van der Waals surface area contributed by atoms with E-state index in [9.17, 15) is 9.18 Å². The van der Waals surface area contributed by atoms with Crippen LogP contribution >= 0.6 is 11.3 Å². The van der Waals surface area contributed by atoms with Crippen LogP contribution in [0.25, 0.3) is 5.13 Å². The molecule has 1 N–H and O–H groups in total. The fraction of sp³-hybridized carbons (Fsp3) is 0.222. The minimum Gasteiger partial charge on any atom is -0.494 e. The van der Waals surface area contributed by atoms with Gasteiger partial charge in [0, 0.05) is 29.5 Å². The highest BCUT2D eigenvalue weighted by molar-refractivity contribution is 7.12. The van der Waals surface area contributed by atoms with Crippen LogP contribution in [0.2, 0.25) is 0 Å². The number of hydrogen-bond acceptors (Lipinski definition) is 4. The van der Waals surface area contributed by atoms with Crippen molar-refractivity contribution in [3.63, 3.8) is 0 Å². The summed E-state index contributed by atoms with van der Waals surface area (Å²) in [6, 6.07) is 6.46. The van der Waals surface area contributed by atoms with Gasteiger partial charge in [0.1, 0.15) is 0 Å². The van der Waals surface area contributed by atoms with Crippen LogP contribution in [-0.2, 0) is 6.54 Å². The molecule has 3 rings (SSSR count). The minimum atomic E-state index is -0.448. The molecule has 0 fully saturated rings. The Morgan fingerprint density at radius 1 is 1.36 bits per heavy atom. The van der Waals surface area contributed by atoms with E-state index in [0.717, 1.165) is 16.5 Å². The zero-order valence-corrected chi connectivity index (χ0v) is 15.0. The molecule has 0 atom stereocenters. The maximum atomic E-state index is 13.7. The van der Waals surface area contributed by atoms with Gasteiger partial charge in [0.05, 0.1) is 12.7 Å². The van der Waals surface area contributed by atoms with Gasteiger partial charge in [0.2, 0.25) is 0 Å². The molecule has 0 radical (unpaired) electrons. The highest BCUT2D eigenvalue weighted by Gasteiger charge is 2.17. The zero-order chi connectivity index (χ0) is 18.0. The van der Waals surface area contributed by atoms with Crippen LogP contribution in [0, 0.1) is 19.7 Å². The maximum absolute atomic E-state index is 13.7. The van der Waals surface area contributed by atoms with Crippen molar-refractivity contribution >= 4 is 17.2 Å². The molecule has 0 aliphatic rings. The third-order valence-corrected chi connectivity index (χ3v) is 4.71. The van der Waals surface area contributed by atoms with Crippen molar-refractivity contribution in [3.05, 3.63) is 64.2 Å². The lowest BCUT2D eigenvalue weighted by Gasteiger charge is -2.08. The Bertz CT molecular complexity index is 903. The molecule has 0 aliphatic heterocycles. The number of aryl methyl sites for hydroxylation is 1. The van der Waals surface area contributed by atoms with E-state index in [1.807, 2.05) is 29.9 Å². The van der Waals surface area contributed by atoms with Gasteiger partial charge in [-0.1, -0.05) is 6.07 Å². The molecule has 2 heterocycles. The molecule has 0 saturated heterocycles. The number of thiazole rings is 1. The van der Waals surface area contributed by atoms with Crippen molar-refractivity contribution in [1.29, 1.82) is 0 Å². The number of benzene rings is 1. The summed E-state index contributed by atoms with van der Waals surface area (Å²) in [4.78, 5) is 16.8. The van der Waals surface area contributed by atoms with E-state index in [1.165, 1.54) is 24.5 Å². The van der Waals surface area contributed by atoms with Crippen LogP contribution < -0.4 is 10.1 Å². The highest BCUT2D eigenvalue weighted by Crippen LogP contribution is 2.22. The SMILES string of the molecule is COc1ccc(CNC(=O)c2cc(C)n(-c3nccs3)c2C)cc1F. The lowest BCUT2D eigenvalue weighted by atomic mass is 10.2. The fourth-order valence-corrected chi connectivity index (χ4v) is 3.46. The number of carbonyl (C=O) groups is 1. The molecule has 25 heavy (non-hydrogen) atoms. The van der Waals surface area contributed by atoms with Crippen molar-refractivity contribution in [1.82, 2.24) is 14.9 Å². The molecular weight excluding hydrogens is 341 g/mol. The largest absolute Gasteiger partial charge is 0.494 e. The molecule has 0 unspecified atom stereocenters. The summed E-state index contributed by atoms with van der Waals surface area (Å²) >= 11 is 1.51. The number of carbonyl (C=O) groups excluding carboxylic acids is 1. The van der Waals surface area contributed by atoms with Crippen LogP contribution in [0.15, 0.2) is 35.8 Å². The number of halogens is 1. The van der Waals surface area contributed by atoms with Gasteiger partial charge in [-0.25, -0.2) is 9.37 Å². The van der Waals surface area contributed by atoms with E-state index in [0.29, 0.717) is 11.1 Å². The van der Waals surface area contributed by atoms with E-state index in [2.05, 4.69) is 10.3 Å². The summed E-state index contributed by atoms with van der Waals surface area (Å²) in [5.41, 5.74) is 3.01. The summed E-state index contributed by atoms with van der Waals surface area (Å²) in [7, 11) is 1.41. The Morgan fingerprint density at radius 2 is 2.16 bits per heavy atom. The topological polar surface area (TPSA) is 56.1 Å². The summed E-state index contributed by atoms with van der Waals surface area (Å²) in [6.07, 6.45) is 1.73.